The summed E-state index contributed by atoms with van der Waals surface area (Å²) in [5.74, 6) is 0.848. The molecule has 0 aliphatic carbocycles. The van der Waals surface area contributed by atoms with E-state index in [1.165, 1.54) is 11.1 Å². The summed E-state index contributed by atoms with van der Waals surface area (Å²) in [5, 5.41) is 0. The van der Waals surface area contributed by atoms with Crippen LogP contribution in [0, 0.1) is 6.92 Å². The van der Waals surface area contributed by atoms with Crippen molar-refractivity contribution in [2.75, 3.05) is 7.11 Å². The van der Waals surface area contributed by atoms with Crippen molar-refractivity contribution in [2.24, 2.45) is 0 Å². The average Bonchev–Trinajstić information content (AvgIpc) is 2.89. The summed E-state index contributed by atoms with van der Waals surface area (Å²) in [7, 11) is 1.67. The molecule has 0 unspecified atom stereocenters. The van der Waals surface area contributed by atoms with E-state index < -0.39 is 0 Å². The Morgan fingerprint density at radius 3 is 1.45 bits per heavy atom. The van der Waals surface area contributed by atoms with E-state index in [1.807, 2.05) is 36.7 Å². The highest BCUT2D eigenvalue weighted by molar-refractivity contribution is 5.73. The molecule has 0 amide bonds. The Balaban J connectivity index is 1.38. The first-order chi connectivity index (χ1) is 16.2. The van der Waals surface area contributed by atoms with Crippen LogP contribution < -0.4 is 4.74 Å². The van der Waals surface area contributed by atoms with Crippen molar-refractivity contribution in [3.63, 3.8) is 0 Å². The molecule has 0 aliphatic heterocycles. The van der Waals surface area contributed by atoms with Crippen molar-refractivity contribution in [3.05, 3.63) is 115 Å². The Morgan fingerprint density at radius 2 is 1.00 bits per heavy atom. The maximum atomic E-state index is 5.24. The minimum atomic E-state index is 0.848. The smallest absolute Gasteiger partial charge is 0.118 e. The van der Waals surface area contributed by atoms with Crippen LogP contribution in [0.3, 0.4) is 0 Å². The molecule has 0 radical (unpaired) electrons. The first-order valence-corrected chi connectivity index (χ1v) is 10.9. The van der Waals surface area contributed by atoms with E-state index in [4.69, 9.17) is 14.7 Å². The lowest BCUT2D eigenvalue weighted by atomic mass is 10.0. The molecule has 0 bridgehead atoms. The lowest BCUT2D eigenvalue weighted by Crippen LogP contribution is -1.88. The van der Waals surface area contributed by atoms with Gasteiger partial charge in [-0.15, -0.1) is 0 Å². The SMILES string of the molecule is COc1ccc(-c2ccc(-c3cccc(-c4ccc(-c5ccc(C)cc5)cn4)c3)nc2)cc1. The summed E-state index contributed by atoms with van der Waals surface area (Å²) in [6.07, 6.45) is 3.85. The molecule has 5 rings (SSSR count). The van der Waals surface area contributed by atoms with Crippen LogP contribution in [0.2, 0.25) is 0 Å². The largest absolute Gasteiger partial charge is 0.497 e. The Bertz CT molecular complexity index is 1360. The number of aromatic nitrogens is 2. The molecule has 0 N–H and O–H groups in total. The zero-order valence-electron chi connectivity index (χ0n) is 18.7. The maximum Gasteiger partial charge on any atom is 0.118 e. The van der Waals surface area contributed by atoms with Gasteiger partial charge in [0.1, 0.15) is 5.75 Å². The van der Waals surface area contributed by atoms with Gasteiger partial charge in [-0.25, -0.2) is 0 Å². The summed E-state index contributed by atoms with van der Waals surface area (Å²) in [5.41, 5.74) is 9.76. The second kappa shape index (κ2) is 9.09. The van der Waals surface area contributed by atoms with E-state index in [0.717, 1.165) is 45.0 Å². The van der Waals surface area contributed by atoms with Crippen molar-refractivity contribution in [2.45, 2.75) is 6.92 Å². The van der Waals surface area contributed by atoms with Gasteiger partial charge in [-0.2, -0.15) is 0 Å². The predicted molar refractivity (Wildman–Crippen MR) is 135 cm³/mol. The molecule has 2 aromatic heterocycles. The zero-order chi connectivity index (χ0) is 22.6. The zero-order valence-corrected chi connectivity index (χ0v) is 18.7. The van der Waals surface area contributed by atoms with Crippen molar-refractivity contribution in [3.8, 4) is 50.5 Å². The Hall–Kier alpha value is -4.24. The van der Waals surface area contributed by atoms with Gasteiger partial charge in [0, 0.05) is 34.6 Å². The molecule has 3 aromatic carbocycles. The second-order valence-electron chi connectivity index (χ2n) is 8.04. The molecule has 0 fully saturated rings. The second-order valence-corrected chi connectivity index (χ2v) is 8.04. The number of hydrogen-bond donors (Lipinski definition) is 0. The molecule has 0 spiro atoms. The molecule has 5 aromatic rings. The molecule has 0 saturated heterocycles. The molecular weight excluding hydrogens is 404 g/mol. The van der Waals surface area contributed by atoms with Crippen LogP contribution in [0.15, 0.2) is 109 Å². The van der Waals surface area contributed by atoms with Gasteiger partial charge in [0.05, 0.1) is 18.5 Å². The highest BCUT2D eigenvalue weighted by Gasteiger charge is 2.06. The van der Waals surface area contributed by atoms with E-state index >= 15 is 0 Å². The van der Waals surface area contributed by atoms with E-state index in [-0.39, 0.29) is 0 Å². The molecule has 3 heteroatoms. The van der Waals surface area contributed by atoms with Crippen LogP contribution in [0.4, 0.5) is 0 Å². The van der Waals surface area contributed by atoms with Crippen LogP contribution in [0.5, 0.6) is 5.75 Å². The summed E-state index contributed by atoms with van der Waals surface area (Å²) in [4.78, 5) is 9.43. The molecule has 0 aliphatic rings. The minimum absolute atomic E-state index is 0.848. The fourth-order valence-corrected chi connectivity index (χ4v) is 3.84. The summed E-state index contributed by atoms with van der Waals surface area (Å²) in [6.45, 7) is 2.10. The average molecular weight is 429 g/mol. The number of methoxy groups -OCH3 is 1. The van der Waals surface area contributed by atoms with Gasteiger partial charge in [-0.3, -0.25) is 9.97 Å². The van der Waals surface area contributed by atoms with Crippen LogP contribution >= 0.6 is 0 Å². The minimum Gasteiger partial charge on any atom is -0.497 e. The first-order valence-electron chi connectivity index (χ1n) is 10.9. The van der Waals surface area contributed by atoms with Crippen molar-refractivity contribution in [1.82, 2.24) is 9.97 Å². The lowest BCUT2D eigenvalue weighted by molar-refractivity contribution is 0.415. The highest BCUT2D eigenvalue weighted by Crippen LogP contribution is 2.28. The fraction of sp³-hybridized carbons (Fsp3) is 0.0667. The van der Waals surface area contributed by atoms with Crippen LogP contribution in [-0.4, -0.2) is 17.1 Å². The molecule has 0 atom stereocenters. The number of nitrogens with zero attached hydrogens (tertiary/aromatic N) is 2. The number of rotatable bonds is 5. The molecule has 160 valence electrons. The van der Waals surface area contributed by atoms with E-state index in [0.29, 0.717) is 0 Å². The predicted octanol–water partition coefficient (Wildman–Crippen LogP) is 7.46. The third-order valence-electron chi connectivity index (χ3n) is 5.79. The van der Waals surface area contributed by atoms with Crippen LogP contribution in [-0.2, 0) is 0 Å². The van der Waals surface area contributed by atoms with Gasteiger partial charge < -0.3 is 4.74 Å². The molecule has 2 heterocycles. The third kappa shape index (κ3) is 4.53. The third-order valence-corrected chi connectivity index (χ3v) is 5.79. The molecule has 0 saturated carbocycles. The number of pyridine rings is 2. The fourth-order valence-electron chi connectivity index (χ4n) is 3.84. The van der Waals surface area contributed by atoms with Crippen molar-refractivity contribution < 1.29 is 4.74 Å². The standard InChI is InChI=1S/C30H24N2O/c1-21-6-8-22(9-7-21)26-12-16-29(31-19-26)24-4-3-5-25(18-24)30-17-13-27(20-32-30)23-10-14-28(33-2)15-11-23/h3-20H,1-2H3. The van der Waals surface area contributed by atoms with Crippen LogP contribution in [0.1, 0.15) is 5.56 Å². The Labute approximate surface area is 194 Å². The Morgan fingerprint density at radius 1 is 0.515 bits per heavy atom. The quantitative estimate of drug-likeness (QED) is 0.291. The maximum absolute atomic E-state index is 5.24. The van der Waals surface area contributed by atoms with E-state index in [1.54, 1.807) is 7.11 Å². The monoisotopic (exact) mass is 428 g/mol. The summed E-state index contributed by atoms with van der Waals surface area (Å²) in [6, 6.07) is 33.3. The van der Waals surface area contributed by atoms with E-state index in [9.17, 15) is 0 Å². The summed E-state index contributed by atoms with van der Waals surface area (Å²) < 4.78 is 5.24. The van der Waals surface area contributed by atoms with Gasteiger partial charge in [-0.1, -0.05) is 72.3 Å². The highest BCUT2D eigenvalue weighted by atomic mass is 16.5. The lowest BCUT2D eigenvalue weighted by Gasteiger charge is -2.08. The van der Waals surface area contributed by atoms with Gasteiger partial charge in [0.25, 0.3) is 0 Å². The first kappa shape index (κ1) is 20.7. The van der Waals surface area contributed by atoms with Crippen molar-refractivity contribution in [1.29, 1.82) is 0 Å². The molecule has 3 nitrogen and oxygen atoms in total. The van der Waals surface area contributed by atoms with Gasteiger partial charge >= 0.3 is 0 Å². The Kier molecular flexibility index (Phi) is 5.69. The normalized spacial score (nSPS) is 10.7. The number of benzene rings is 3. The number of hydrogen-bond acceptors (Lipinski definition) is 3. The van der Waals surface area contributed by atoms with Gasteiger partial charge in [0.15, 0.2) is 0 Å². The van der Waals surface area contributed by atoms with Crippen LogP contribution in [0.25, 0.3) is 44.8 Å². The number of aryl methyl sites for hydroxylation is 1. The summed E-state index contributed by atoms with van der Waals surface area (Å²) >= 11 is 0. The number of ether oxygens (including phenoxy) is 1. The molecule has 33 heavy (non-hydrogen) atoms. The molecular formula is C30H24N2O. The van der Waals surface area contributed by atoms with Gasteiger partial charge in [-0.05, 0) is 48.4 Å². The van der Waals surface area contributed by atoms with Crippen molar-refractivity contribution >= 4 is 0 Å². The van der Waals surface area contributed by atoms with Gasteiger partial charge in [0.2, 0.25) is 0 Å². The topological polar surface area (TPSA) is 35.0 Å². The van der Waals surface area contributed by atoms with E-state index in [2.05, 4.69) is 79.7 Å².